The molecule has 0 saturated heterocycles. The van der Waals surface area contributed by atoms with Crippen LogP contribution in [0.1, 0.15) is 23.7 Å². The first kappa shape index (κ1) is 14.5. The van der Waals surface area contributed by atoms with Crippen molar-refractivity contribution < 1.29 is 14.3 Å². The van der Waals surface area contributed by atoms with Crippen LogP contribution in [0.3, 0.4) is 0 Å². The predicted octanol–water partition coefficient (Wildman–Crippen LogP) is 3.67. The zero-order valence-electron chi connectivity index (χ0n) is 12.0. The molecule has 20 heavy (non-hydrogen) atoms. The van der Waals surface area contributed by atoms with E-state index in [1.54, 1.807) is 7.11 Å². The molecule has 0 amide bonds. The predicted molar refractivity (Wildman–Crippen MR) is 79.9 cm³/mol. The van der Waals surface area contributed by atoms with E-state index < -0.39 is 0 Å². The van der Waals surface area contributed by atoms with Gasteiger partial charge in [0.15, 0.2) is 0 Å². The van der Waals surface area contributed by atoms with Crippen molar-refractivity contribution >= 4 is 16.7 Å². The van der Waals surface area contributed by atoms with Crippen LogP contribution in [0.2, 0.25) is 0 Å². The molecular formula is C17H20O3. The first-order valence-electron chi connectivity index (χ1n) is 6.86. The second-order valence-corrected chi connectivity index (χ2v) is 5.01. The van der Waals surface area contributed by atoms with Crippen LogP contribution in [-0.4, -0.2) is 26.3 Å². The molecule has 3 heteroatoms. The first-order valence-corrected chi connectivity index (χ1v) is 6.86. The highest BCUT2D eigenvalue weighted by Gasteiger charge is 2.12. The van der Waals surface area contributed by atoms with Crippen molar-refractivity contribution in [3.05, 3.63) is 48.0 Å². The van der Waals surface area contributed by atoms with Crippen molar-refractivity contribution in [1.29, 1.82) is 0 Å². The molecule has 0 bridgehead atoms. The molecule has 2 rings (SSSR count). The minimum atomic E-state index is -0.258. The number of ether oxygens (including phenoxy) is 2. The SMILES string of the molecule is COCCC(C)COC(=O)c1cccc2ccccc12. The third kappa shape index (κ3) is 3.58. The van der Waals surface area contributed by atoms with Gasteiger partial charge in [0.1, 0.15) is 0 Å². The zero-order valence-corrected chi connectivity index (χ0v) is 12.0. The second kappa shape index (κ2) is 7.06. The Bertz CT molecular complexity index is 572. The van der Waals surface area contributed by atoms with E-state index in [-0.39, 0.29) is 5.97 Å². The fraction of sp³-hybridized carbons (Fsp3) is 0.353. The highest BCUT2D eigenvalue weighted by Crippen LogP contribution is 2.19. The molecule has 0 heterocycles. The molecule has 3 nitrogen and oxygen atoms in total. The molecule has 0 aliphatic rings. The van der Waals surface area contributed by atoms with Gasteiger partial charge in [0, 0.05) is 13.7 Å². The summed E-state index contributed by atoms with van der Waals surface area (Å²) in [6.07, 6.45) is 0.888. The summed E-state index contributed by atoms with van der Waals surface area (Å²) in [7, 11) is 1.68. The summed E-state index contributed by atoms with van der Waals surface area (Å²) in [6, 6.07) is 13.5. The van der Waals surface area contributed by atoms with Gasteiger partial charge in [-0.2, -0.15) is 0 Å². The minimum absolute atomic E-state index is 0.258. The molecule has 0 saturated carbocycles. The first-order chi connectivity index (χ1) is 9.72. The maximum Gasteiger partial charge on any atom is 0.338 e. The number of rotatable bonds is 6. The van der Waals surface area contributed by atoms with E-state index in [1.165, 1.54) is 0 Å². The van der Waals surface area contributed by atoms with Gasteiger partial charge < -0.3 is 9.47 Å². The quantitative estimate of drug-likeness (QED) is 0.753. The Morgan fingerprint density at radius 1 is 1.15 bits per heavy atom. The fourth-order valence-corrected chi connectivity index (χ4v) is 2.10. The van der Waals surface area contributed by atoms with E-state index >= 15 is 0 Å². The molecule has 0 radical (unpaired) electrons. The van der Waals surface area contributed by atoms with Crippen molar-refractivity contribution in [2.75, 3.05) is 20.3 Å². The molecule has 2 aromatic rings. The van der Waals surface area contributed by atoms with E-state index in [1.807, 2.05) is 42.5 Å². The van der Waals surface area contributed by atoms with Gasteiger partial charge in [0.25, 0.3) is 0 Å². The second-order valence-electron chi connectivity index (χ2n) is 5.01. The van der Waals surface area contributed by atoms with Crippen LogP contribution >= 0.6 is 0 Å². The van der Waals surface area contributed by atoms with Gasteiger partial charge in [0.2, 0.25) is 0 Å². The molecule has 0 aliphatic carbocycles. The van der Waals surface area contributed by atoms with Gasteiger partial charge in [-0.1, -0.05) is 43.3 Å². The number of methoxy groups -OCH3 is 1. The van der Waals surface area contributed by atoms with Crippen LogP contribution in [-0.2, 0) is 9.47 Å². The van der Waals surface area contributed by atoms with E-state index in [0.29, 0.717) is 24.7 Å². The van der Waals surface area contributed by atoms with Gasteiger partial charge in [-0.05, 0) is 29.2 Å². The lowest BCUT2D eigenvalue weighted by Crippen LogP contribution is -2.13. The lowest BCUT2D eigenvalue weighted by molar-refractivity contribution is 0.0426. The highest BCUT2D eigenvalue weighted by molar-refractivity contribution is 6.04. The topological polar surface area (TPSA) is 35.5 Å². The molecule has 0 fully saturated rings. The number of carbonyl (C=O) groups excluding carboxylic acids is 1. The van der Waals surface area contributed by atoms with Crippen LogP contribution in [0.15, 0.2) is 42.5 Å². The summed E-state index contributed by atoms with van der Waals surface area (Å²) in [5.74, 6) is 0.0416. The number of benzene rings is 2. The zero-order chi connectivity index (χ0) is 14.4. The lowest BCUT2D eigenvalue weighted by Gasteiger charge is -2.12. The molecule has 2 aromatic carbocycles. The monoisotopic (exact) mass is 272 g/mol. The van der Waals surface area contributed by atoms with Crippen molar-refractivity contribution in [3.63, 3.8) is 0 Å². The Labute approximate surface area is 119 Å². The number of carbonyl (C=O) groups is 1. The van der Waals surface area contributed by atoms with Crippen molar-refractivity contribution in [1.82, 2.24) is 0 Å². The third-order valence-corrected chi connectivity index (χ3v) is 3.32. The maximum atomic E-state index is 12.2. The average molecular weight is 272 g/mol. The summed E-state index contributed by atoms with van der Waals surface area (Å²) in [6.45, 7) is 3.16. The molecule has 0 aromatic heterocycles. The Hall–Kier alpha value is -1.87. The summed E-state index contributed by atoms with van der Waals surface area (Å²) in [4.78, 5) is 12.2. The van der Waals surface area contributed by atoms with Crippen molar-refractivity contribution in [2.24, 2.45) is 5.92 Å². The summed E-state index contributed by atoms with van der Waals surface area (Å²) < 4.78 is 10.4. The molecule has 1 atom stereocenters. The molecule has 0 aliphatic heterocycles. The summed E-state index contributed by atoms with van der Waals surface area (Å²) in [5.41, 5.74) is 0.627. The van der Waals surface area contributed by atoms with Gasteiger partial charge in [-0.25, -0.2) is 4.79 Å². The molecular weight excluding hydrogens is 252 g/mol. The highest BCUT2D eigenvalue weighted by atomic mass is 16.5. The van der Waals surface area contributed by atoms with Gasteiger partial charge in [0.05, 0.1) is 12.2 Å². The number of esters is 1. The normalized spacial score (nSPS) is 12.3. The molecule has 1 unspecified atom stereocenters. The van der Waals surface area contributed by atoms with E-state index in [0.717, 1.165) is 17.2 Å². The fourth-order valence-electron chi connectivity index (χ4n) is 2.10. The number of fused-ring (bicyclic) bond motifs is 1. The van der Waals surface area contributed by atoms with Crippen LogP contribution in [0, 0.1) is 5.92 Å². The lowest BCUT2D eigenvalue weighted by atomic mass is 10.0. The van der Waals surface area contributed by atoms with Crippen molar-refractivity contribution in [2.45, 2.75) is 13.3 Å². The molecule has 0 spiro atoms. The van der Waals surface area contributed by atoms with Gasteiger partial charge in [-0.3, -0.25) is 0 Å². The smallest absolute Gasteiger partial charge is 0.338 e. The molecule has 0 N–H and O–H groups in total. The van der Waals surface area contributed by atoms with E-state index in [2.05, 4.69) is 6.92 Å². The van der Waals surface area contributed by atoms with Crippen LogP contribution in [0.25, 0.3) is 10.8 Å². The van der Waals surface area contributed by atoms with Gasteiger partial charge >= 0.3 is 5.97 Å². The Kier molecular flexibility index (Phi) is 5.13. The van der Waals surface area contributed by atoms with Crippen LogP contribution < -0.4 is 0 Å². The number of hydrogen-bond donors (Lipinski definition) is 0. The minimum Gasteiger partial charge on any atom is -0.462 e. The van der Waals surface area contributed by atoms with Crippen LogP contribution in [0.5, 0.6) is 0 Å². The average Bonchev–Trinajstić information content (AvgIpc) is 2.50. The largest absolute Gasteiger partial charge is 0.462 e. The standard InChI is InChI=1S/C17H20O3/c1-13(10-11-19-2)12-20-17(18)16-9-5-7-14-6-3-4-8-15(14)16/h3-9,13H,10-12H2,1-2H3. The third-order valence-electron chi connectivity index (χ3n) is 3.32. The Morgan fingerprint density at radius 3 is 2.70 bits per heavy atom. The van der Waals surface area contributed by atoms with E-state index in [4.69, 9.17) is 9.47 Å². The Morgan fingerprint density at radius 2 is 1.90 bits per heavy atom. The van der Waals surface area contributed by atoms with E-state index in [9.17, 15) is 4.79 Å². The van der Waals surface area contributed by atoms with Crippen LogP contribution in [0.4, 0.5) is 0 Å². The maximum absolute atomic E-state index is 12.2. The Balaban J connectivity index is 2.04. The molecule has 106 valence electrons. The summed E-state index contributed by atoms with van der Waals surface area (Å²) >= 11 is 0. The summed E-state index contributed by atoms with van der Waals surface area (Å²) in [5, 5.41) is 1.99. The van der Waals surface area contributed by atoms with Crippen molar-refractivity contribution in [3.8, 4) is 0 Å². The number of hydrogen-bond acceptors (Lipinski definition) is 3. The van der Waals surface area contributed by atoms with Gasteiger partial charge in [-0.15, -0.1) is 0 Å².